The Bertz CT molecular complexity index is 840. The number of anilines is 1. The normalized spacial score (nSPS) is 10.6. The second-order valence-electron chi connectivity index (χ2n) is 4.96. The summed E-state index contributed by atoms with van der Waals surface area (Å²) in [6, 6.07) is 9.12. The van der Waals surface area contributed by atoms with Crippen LogP contribution in [0.4, 0.5) is 15.8 Å². The number of nitrogens with one attached hydrogen (secondary N) is 1. The molecule has 1 N–H and O–H groups in total. The molecule has 0 aliphatic rings. The van der Waals surface area contributed by atoms with Crippen LogP contribution in [0.3, 0.4) is 0 Å². The van der Waals surface area contributed by atoms with Crippen molar-refractivity contribution in [1.29, 1.82) is 5.26 Å². The lowest BCUT2D eigenvalue weighted by Gasteiger charge is -2.11. The minimum atomic E-state index is -0.533. The van der Waals surface area contributed by atoms with Crippen LogP contribution in [0.2, 0.25) is 5.02 Å². The van der Waals surface area contributed by atoms with Gasteiger partial charge in [0.25, 0.3) is 0 Å². The van der Waals surface area contributed by atoms with Crippen LogP contribution in [-0.2, 0) is 0 Å². The van der Waals surface area contributed by atoms with Gasteiger partial charge in [-0.1, -0.05) is 16.8 Å². The van der Waals surface area contributed by atoms with E-state index in [0.29, 0.717) is 36.1 Å². The Morgan fingerprint density at radius 2 is 2.08 bits per heavy atom. The fourth-order valence-corrected chi connectivity index (χ4v) is 2.22. The average Bonchev–Trinajstić information content (AvgIpc) is 2.65. The van der Waals surface area contributed by atoms with E-state index < -0.39 is 5.82 Å². The summed E-state index contributed by atoms with van der Waals surface area (Å²) < 4.78 is 24.0. The summed E-state index contributed by atoms with van der Waals surface area (Å²) in [7, 11) is 1.48. The van der Waals surface area contributed by atoms with Crippen molar-refractivity contribution in [3.05, 3.63) is 46.7 Å². The summed E-state index contributed by atoms with van der Waals surface area (Å²) >= 11 is 11.3. The van der Waals surface area contributed by atoms with Gasteiger partial charge in [-0.15, -0.1) is 16.7 Å². The highest BCUT2D eigenvalue weighted by molar-refractivity contribution is 6.31. The van der Waals surface area contributed by atoms with Crippen LogP contribution in [0.1, 0.15) is 12.0 Å². The van der Waals surface area contributed by atoms with Crippen molar-refractivity contribution >= 4 is 34.6 Å². The van der Waals surface area contributed by atoms with Gasteiger partial charge < -0.3 is 9.47 Å². The maximum absolute atomic E-state index is 13.1. The van der Waals surface area contributed by atoms with Crippen LogP contribution in [0.25, 0.3) is 0 Å². The monoisotopic (exact) mass is 396 g/mol. The zero-order valence-electron chi connectivity index (χ0n) is 13.8. The van der Waals surface area contributed by atoms with Crippen LogP contribution in [-0.4, -0.2) is 19.6 Å². The number of alkyl halides is 1. The third-order valence-corrected chi connectivity index (χ3v) is 3.75. The van der Waals surface area contributed by atoms with Crippen molar-refractivity contribution in [3.63, 3.8) is 0 Å². The van der Waals surface area contributed by atoms with Crippen molar-refractivity contribution in [3.8, 4) is 17.6 Å². The molecule has 0 amide bonds. The number of rotatable bonds is 8. The molecule has 6 nitrogen and oxygen atoms in total. The Kier molecular flexibility index (Phi) is 7.45. The largest absolute Gasteiger partial charge is 0.493 e. The molecule has 0 radical (unpaired) electrons. The predicted molar refractivity (Wildman–Crippen MR) is 98.1 cm³/mol. The molecule has 2 aromatic rings. The zero-order chi connectivity index (χ0) is 18.9. The molecule has 0 aromatic heterocycles. The molecule has 0 unspecified atom stereocenters. The van der Waals surface area contributed by atoms with Gasteiger partial charge in [-0.25, -0.2) is 4.39 Å². The Balaban J connectivity index is 2.21. The molecule has 0 saturated carbocycles. The summed E-state index contributed by atoms with van der Waals surface area (Å²) in [6.07, 6.45) is 0.661. The molecule has 0 aliphatic carbocycles. The van der Waals surface area contributed by atoms with Crippen LogP contribution in [0, 0.1) is 17.1 Å². The first kappa shape index (κ1) is 19.8. The molecule has 136 valence electrons. The number of hydrogen-bond donors (Lipinski definition) is 1. The minimum absolute atomic E-state index is 0.0395. The first-order valence-corrected chi connectivity index (χ1v) is 8.43. The predicted octanol–water partition coefficient (Wildman–Crippen LogP) is 5.48. The van der Waals surface area contributed by atoms with Gasteiger partial charge in [0.15, 0.2) is 11.5 Å². The lowest BCUT2D eigenvalue weighted by molar-refractivity contribution is 0.295. The highest BCUT2D eigenvalue weighted by atomic mass is 35.5. The maximum atomic E-state index is 13.1. The molecule has 0 spiro atoms. The Morgan fingerprint density at radius 3 is 2.73 bits per heavy atom. The van der Waals surface area contributed by atoms with E-state index >= 15 is 0 Å². The van der Waals surface area contributed by atoms with Crippen LogP contribution in [0.5, 0.6) is 11.5 Å². The van der Waals surface area contributed by atoms with Gasteiger partial charge in [-0.05, 0) is 24.6 Å². The van der Waals surface area contributed by atoms with E-state index in [1.165, 1.54) is 31.4 Å². The first-order valence-electron chi connectivity index (χ1n) is 7.51. The van der Waals surface area contributed by atoms with E-state index in [9.17, 15) is 9.65 Å². The molecule has 0 fully saturated rings. The van der Waals surface area contributed by atoms with Crippen LogP contribution >= 0.6 is 23.2 Å². The molecule has 26 heavy (non-hydrogen) atoms. The van der Waals surface area contributed by atoms with E-state index in [1.807, 2.05) is 6.07 Å². The summed E-state index contributed by atoms with van der Waals surface area (Å²) in [6.45, 7) is 0.397. The lowest BCUT2D eigenvalue weighted by Crippen LogP contribution is -2.00. The molecule has 9 heteroatoms. The summed E-state index contributed by atoms with van der Waals surface area (Å²) in [4.78, 5) is 0. The number of ether oxygens (including phenoxy) is 2. The van der Waals surface area contributed by atoms with Gasteiger partial charge in [0.2, 0.25) is 0 Å². The van der Waals surface area contributed by atoms with Crippen LogP contribution < -0.4 is 14.9 Å². The van der Waals surface area contributed by atoms with Crippen molar-refractivity contribution in [2.75, 3.05) is 25.0 Å². The second-order valence-corrected chi connectivity index (χ2v) is 5.75. The van der Waals surface area contributed by atoms with E-state index in [1.54, 1.807) is 6.07 Å². The fourth-order valence-electron chi connectivity index (χ4n) is 1.93. The highest BCUT2D eigenvalue weighted by Crippen LogP contribution is 2.35. The number of methoxy groups -OCH3 is 1. The standard InChI is InChI=1S/C17H15Cl2FN4O2/c1-25-16-7-11(10-21)15(9-17(16)26-6-2-5-18)23-24-22-12-3-4-14(20)13(19)8-12/h3-4,7-9H,2,5-6H2,1H3,(H,22,23). The number of benzene rings is 2. The molecule has 2 aromatic carbocycles. The van der Waals surface area contributed by atoms with Crippen molar-refractivity contribution in [1.82, 2.24) is 0 Å². The second kappa shape index (κ2) is 9.80. The highest BCUT2D eigenvalue weighted by Gasteiger charge is 2.12. The number of halogens is 3. The Morgan fingerprint density at radius 1 is 1.27 bits per heavy atom. The lowest BCUT2D eigenvalue weighted by atomic mass is 10.1. The Hall–Kier alpha value is -2.56. The molecule has 0 heterocycles. The van der Waals surface area contributed by atoms with E-state index in [0.717, 1.165) is 0 Å². The molecule has 0 atom stereocenters. The Labute approximate surface area is 160 Å². The van der Waals surface area contributed by atoms with E-state index in [4.69, 9.17) is 32.7 Å². The van der Waals surface area contributed by atoms with Gasteiger partial charge in [-0.3, -0.25) is 5.43 Å². The van der Waals surface area contributed by atoms with Crippen molar-refractivity contribution in [2.45, 2.75) is 6.42 Å². The van der Waals surface area contributed by atoms with Crippen molar-refractivity contribution in [2.24, 2.45) is 10.3 Å². The van der Waals surface area contributed by atoms with Gasteiger partial charge in [0.1, 0.15) is 17.6 Å². The first-order chi connectivity index (χ1) is 12.6. The third-order valence-electron chi connectivity index (χ3n) is 3.19. The van der Waals surface area contributed by atoms with Crippen LogP contribution in [0.15, 0.2) is 40.7 Å². The number of nitrogens with zero attached hydrogens (tertiary/aromatic N) is 3. The van der Waals surface area contributed by atoms with E-state index in [2.05, 4.69) is 15.8 Å². The zero-order valence-corrected chi connectivity index (χ0v) is 15.3. The molecule has 0 aliphatic heterocycles. The summed E-state index contributed by atoms with van der Waals surface area (Å²) in [5, 5.41) is 17.0. The minimum Gasteiger partial charge on any atom is -0.493 e. The molecule has 2 rings (SSSR count). The number of nitriles is 1. The quantitative estimate of drug-likeness (QED) is 0.277. The van der Waals surface area contributed by atoms with Gasteiger partial charge in [0.05, 0.1) is 30.0 Å². The summed E-state index contributed by atoms with van der Waals surface area (Å²) in [5.41, 5.74) is 3.62. The third kappa shape index (κ3) is 5.22. The molecular formula is C17H15Cl2FN4O2. The van der Waals surface area contributed by atoms with Gasteiger partial charge >= 0.3 is 0 Å². The van der Waals surface area contributed by atoms with Crippen molar-refractivity contribution < 1.29 is 13.9 Å². The van der Waals surface area contributed by atoms with E-state index in [-0.39, 0.29) is 16.3 Å². The average molecular weight is 397 g/mol. The number of hydrogen-bond acceptors (Lipinski definition) is 5. The molecule has 0 bridgehead atoms. The van der Waals surface area contributed by atoms with Gasteiger partial charge in [0, 0.05) is 18.0 Å². The topological polar surface area (TPSA) is 79.0 Å². The fraction of sp³-hybridized carbons (Fsp3) is 0.235. The maximum Gasteiger partial charge on any atom is 0.163 e. The van der Waals surface area contributed by atoms with Gasteiger partial charge in [-0.2, -0.15) is 5.26 Å². The smallest absolute Gasteiger partial charge is 0.163 e. The molecule has 0 saturated heterocycles. The molecular weight excluding hydrogens is 382 g/mol. The summed E-state index contributed by atoms with van der Waals surface area (Å²) in [5.74, 6) is 0.772. The SMILES string of the molecule is COc1cc(C#N)c(N=NNc2ccc(F)c(Cl)c2)cc1OCCCCl.